The van der Waals surface area contributed by atoms with E-state index in [2.05, 4.69) is 0 Å². The summed E-state index contributed by atoms with van der Waals surface area (Å²) >= 11 is 0. The molecule has 0 radical (unpaired) electrons. The third-order valence-electron chi connectivity index (χ3n) is 6.77. The largest absolute Gasteiger partial charge is 0.472 e. The molecular formula is C24H30O11. The summed E-state index contributed by atoms with van der Waals surface area (Å²) in [4.78, 5) is 12.6. The van der Waals surface area contributed by atoms with Crippen molar-refractivity contribution in [2.24, 2.45) is 5.92 Å². The molecule has 0 unspecified atom stereocenters. The van der Waals surface area contributed by atoms with Gasteiger partial charge in [-0.3, -0.25) is 0 Å². The molecule has 1 saturated carbocycles. The summed E-state index contributed by atoms with van der Waals surface area (Å²) in [5, 5.41) is 61.7. The van der Waals surface area contributed by atoms with Gasteiger partial charge in [-0.05, 0) is 24.6 Å². The van der Waals surface area contributed by atoms with Crippen LogP contribution in [0.15, 0.2) is 48.7 Å². The lowest BCUT2D eigenvalue weighted by Crippen LogP contribution is -2.62. The lowest BCUT2D eigenvalue weighted by Gasteiger charge is -2.45. The first-order valence-corrected chi connectivity index (χ1v) is 11.2. The normalized spacial score (nSPS) is 43.1. The monoisotopic (exact) mass is 494 g/mol. The molecular weight excluding hydrogens is 464 g/mol. The summed E-state index contributed by atoms with van der Waals surface area (Å²) in [6.07, 6.45) is -5.57. The maximum atomic E-state index is 12.6. The number of aliphatic hydroxyl groups is 6. The number of fused-ring (bicyclic) bond motifs is 1. The zero-order valence-electron chi connectivity index (χ0n) is 19.0. The molecule has 0 spiro atoms. The van der Waals surface area contributed by atoms with Crippen LogP contribution in [0.3, 0.4) is 0 Å². The highest BCUT2D eigenvalue weighted by Gasteiger charge is 2.66. The third-order valence-corrected chi connectivity index (χ3v) is 6.77. The maximum absolute atomic E-state index is 12.6. The number of hydrogen-bond donors (Lipinski definition) is 6. The highest BCUT2D eigenvalue weighted by molar-refractivity contribution is 5.87. The van der Waals surface area contributed by atoms with Crippen LogP contribution in [0.2, 0.25) is 0 Å². The molecule has 2 aliphatic heterocycles. The first-order valence-electron chi connectivity index (χ1n) is 11.2. The molecule has 2 heterocycles. The van der Waals surface area contributed by atoms with Gasteiger partial charge in [0.1, 0.15) is 35.6 Å². The summed E-state index contributed by atoms with van der Waals surface area (Å²) in [5.41, 5.74) is -2.62. The average molecular weight is 494 g/mol. The Balaban J connectivity index is 1.55. The van der Waals surface area contributed by atoms with Crippen molar-refractivity contribution in [3.8, 4) is 0 Å². The standard InChI is InChI=1S/C24H30O11/c1-23(35-16(27)8-7-13-5-3-2-4-6-13)11-15(26)24(31)9-10-32-22(20(23)24)34-21-19(30)18(29)17(28)14(12-25)33-21/h2-10,14-15,17-22,25-26,28-31H,11-12H2,1H3/b8-7+/t14-,15-,17+,18+,19-,20+,21+,22+,23+,24-/m1/s1. The smallest absolute Gasteiger partial charge is 0.331 e. The molecule has 1 aliphatic carbocycles. The quantitative estimate of drug-likeness (QED) is 0.207. The molecule has 0 amide bonds. The third kappa shape index (κ3) is 4.86. The number of esters is 1. The Bertz CT molecular complexity index is 950. The van der Waals surface area contributed by atoms with Gasteiger partial charge in [0.05, 0.1) is 24.9 Å². The highest BCUT2D eigenvalue weighted by Crippen LogP contribution is 2.51. The lowest BCUT2D eigenvalue weighted by atomic mass is 9.81. The predicted octanol–water partition coefficient (Wildman–Crippen LogP) is -1.20. The molecule has 3 aliphatic rings. The second-order valence-corrected chi connectivity index (χ2v) is 9.20. The van der Waals surface area contributed by atoms with Crippen LogP contribution >= 0.6 is 0 Å². The number of aliphatic hydroxyl groups excluding tert-OH is 5. The Kier molecular flexibility index (Phi) is 7.32. The van der Waals surface area contributed by atoms with E-state index in [4.69, 9.17) is 18.9 Å². The predicted molar refractivity (Wildman–Crippen MR) is 118 cm³/mol. The topological polar surface area (TPSA) is 175 Å². The second-order valence-electron chi connectivity index (χ2n) is 9.20. The van der Waals surface area contributed by atoms with Gasteiger partial charge in [0.25, 0.3) is 0 Å². The molecule has 10 atom stereocenters. The van der Waals surface area contributed by atoms with Crippen molar-refractivity contribution in [2.75, 3.05) is 6.61 Å². The summed E-state index contributed by atoms with van der Waals surface area (Å²) in [7, 11) is 0. The molecule has 2 fully saturated rings. The number of benzene rings is 1. The Morgan fingerprint density at radius 2 is 1.83 bits per heavy atom. The molecule has 0 aromatic heterocycles. The van der Waals surface area contributed by atoms with Crippen LogP contribution in [0.1, 0.15) is 18.9 Å². The molecule has 192 valence electrons. The van der Waals surface area contributed by atoms with Gasteiger partial charge in [0.2, 0.25) is 6.29 Å². The molecule has 0 bridgehead atoms. The van der Waals surface area contributed by atoms with Crippen LogP contribution in [0.4, 0.5) is 0 Å². The molecule has 11 nitrogen and oxygen atoms in total. The molecule has 1 saturated heterocycles. The van der Waals surface area contributed by atoms with E-state index in [0.29, 0.717) is 0 Å². The van der Waals surface area contributed by atoms with Crippen LogP contribution in [-0.4, -0.2) is 97.5 Å². The van der Waals surface area contributed by atoms with Crippen LogP contribution in [0.25, 0.3) is 6.08 Å². The van der Waals surface area contributed by atoms with Crippen molar-refractivity contribution in [3.63, 3.8) is 0 Å². The summed E-state index contributed by atoms with van der Waals surface area (Å²) < 4.78 is 22.3. The zero-order valence-corrected chi connectivity index (χ0v) is 19.0. The zero-order chi connectivity index (χ0) is 25.4. The minimum Gasteiger partial charge on any atom is -0.472 e. The fraction of sp³-hybridized carbons (Fsp3) is 0.542. The van der Waals surface area contributed by atoms with Crippen LogP contribution in [-0.2, 0) is 23.7 Å². The van der Waals surface area contributed by atoms with Gasteiger partial charge >= 0.3 is 5.97 Å². The molecule has 6 N–H and O–H groups in total. The van der Waals surface area contributed by atoms with Gasteiger partial charge in [-0.1, -0.05) is 30.3 Å². The Hall–Kier alpha value is -2.35. The Morgan fingerprint density at radius 3 is 2.51 bits per heavy atom. The summed E-state index contributed by atoms with van der Waals surface area (Å²) in [5.74, 6) is -1.90. The van der Waals surface area contributed by atoms with E-state index in [0.717, 1.165) is 11.8 Å². The number of carbonyl (C=O) groups is 1. The fourth-order valence-corrected chi connectivity index (χ4v) is 4.92. The molecule has 35 heavy (non-hydrogen) atoms. The summed E-state index contributed by atoms with van der Waals surface area (Å²) in [6.45, 7) is 0.852. The van der Waals surface area contributed by atoms with E-state index >= 15 is 0 Å². The van der Waals surface area contributed by atoms with Crippen LogP contribution in [0.5, 0.6) is 0 Å². The van der Waals surface area contributed by atoms with Crippen molar-refractivity contribution in [2.45, 2.75) is 67.6 Å². The molecule has 1 aromatic carbocycles. The van der Waals surface area contributed by atoms with Crippen molar-refractivity contribution in [1.82, 2.24) is 0 Å². The Labute approximate surface area is 201 Å². The van der Waals surface area contributed by atoms with Gasteiger partial charge in [0, 0.05) is 12.5 Å². The number of rotatable bonds is 6. The van der Waals surface area contributed by atoms with Crippen molar-refractivity contribution in [3.05, 3.63) is 54.3 Å². The maximum Gasteiger partial charge on any atom is 0.331 e. The first kappa shape index (κ1) is 25.7. The minimum absolute atomic E-state index is 0.151. The number of carbonyl (C=O) groups excluding carboxylic acids is 1. The van der Waals surface area contributed by atoms with E-state index in [1.54, 1.807) is 18.2 Å². The second kappa shape index (κ2) is 9.96. The SMILES string of the molecule is C[C@]1(OC(=O)/C=C/c2ccccc2)C[C@@H](O)[C@]2(O)C=CO[C@@H](O[C@@H]3O[C@H](CO)[C@H](O)[C@H](O)[C@H]3O)[C@H]21. The van der Waals surface area contributed by atoms with Gasteiger partial charge < -0.3 is 49.6 Å². The van der Waals surface area contributed by atoms with Gasteiger partial charge in [-0.15, -0.1) is 0 Å². The molecule has 1 aromatic rings. The van der Waals surface area contributed by atoms with E-state index in [-0.39, 0.29) is 6.42 Å². The molecule has 4 rings (SSSR count). The van der Waals surface area contributed by atoms with E-state index < -0.39 is 72.8 Å². The van der Waals surface area contributed by atoms with E-state index in [1.807, 2.05) is 18.2 Å². The Morgan fingerprint density at radius 1 is 1.11 bits per heavy atom. The highest BCUT2D eigenvalue weighted by atomic mass is 16.8. The average Bonchev–Trinajstić information content (AvgIpc) is 3.03. The number of ether oxygens (including phenoxy) is 4. The number of hydrogen-bond acceptors (Lipinski definition) is 11. The minimum atomic E-state index is -1.91. The molecule has 11 heteroatoms. The van der Waals surface area contributed by atoms with E-state index in [1.165, 1.54) is 19.1 Å². The van der Waals surface area contributed by atoms with Gasteiger partial charge in [0.15, 0.2) is 6.29 Å². The van der Waals surface area contributed by atoms with Gasteiger partial charge in [-0.25, -0.2) is 4.79 Å². The van der Waals surface area contributed by atoms with Crippen molar-refractivity contribution < 1.29 is 54.4 Å². The fourth-order valence-electron chi connectivity index (χ4n) is 4.92. The summed E-state index contributed by atoms with van der Waals surface area (Å²) in [6, 6.07) is 9.06. The first-order chi connectivity index (χ1) is 16.6. The van der Waals surface area contributed by atoms with Crippen molar-refractivity contribution in [1.29, 1.82) is 0 Å². The van der Waals surface area contributed by atoms with Crippen molar-refractivity contribution >= 4 is 12.0 Å². The van der Waals surface area contributed by atoms with Crippen LogP contribution < -0.4 is 0 Å². The lowest BCUT2D eigenvalue weighted by molar-refractivity contribution is -0.351. The van der Waals surface area contributed by atoms with E-state index in [9.17, 15) is 35.4 Å². The van der Waals surface area contributed by atoms with Gasteiger partial charge in [-0.2, -0.15) is 0 Å². The van der Waals surface area contributed by atoms with Crippen LogP contribution in [0, 0.1) is 5.92 Å².